The van der Waals surface area contributed by atoms with Gasteiger partial charge in [0.15, 0.2) is 0 Å². The maximum atomic E-state index is 12.3. The molecular formula is C12H9Cl3N2O. The molecular weight excluding hydrogens is 295 g/mol. The molecule has 0 spiro atoms. The second-order valence-corrected chi connectivity index (χ2v) is 4.84. The fraction of sp³-hybridized carbons (Fsp3) is 0.167. The summed E-state index contributed by atoms with van der Waals surface area (Å²) in [6.45, 7) is 2.45. The van der Waals surface area contributed by atoms with E-state index in [1.807, 2.05) is 6.92 Å². The van der Waals surface area contributed by atoms with E-state index < -0.39 is 0 Å². The lowest BCUT2D eigenvalue weighted by atomic mass is 10.1. The van der Waals surface area contributed by atoms with Crippen LogP contribution in [-0.2, 0) is 6.54 Å². The molecule has 0 N–H and O–H groups in total. The number of carbonyl (C=O) groups excluding carboxylic acids is 1. The Labute approximate surface area is 119 Å². The molecule has 0 saturated heterocycles. The summed E-state index contributed by atoms with van der Waals surface area (Å²) in [5, 5.41) is 5.09. The number of hydrogen-bond acceptors (Lipinski definition) is 2. The molecule has 1 heterocycles. The van der Waals surface area contributed by atoms with Crippen LogP contribution in [0, 0.1) is 0 Å². The largest absolute Gasteiger partial charge is 0.287 e. The van der Waals surface area contributed by atoms with Gasteiger partial charge >= 0.3 is 0 Å². The zero-order valence-electron chi connectivity index (χ0n) is 9.45. The first-order valence-electron chi connectivity index (χ1n) is 5.25. The van der Waals surface area contributed by atoms with Crippen LogP contribution in [0.15, 0.2) is 24.4 Å². The zero-order valence-corrected chi connectivity index (χ0v) is 11.7. The van der Waals surface area contributed by atoms with Gasteiger partial charge in [0, 0.05) is 12.1 Å². The van der Waals surface area contributed by atoms with Gasteiger partial charge in [0.25, 0.3) is 0 Å². The summed E-state index contributed by atoms with van der Waals surface area (Å²) in [7, 11) is 0. The van der Waals surface area contributed by atoms with Gasteiger partial charge in [-0.1, -0.05) is 34.8 Å². The van der Waals surface area contributed by atoms with Gasteiger partial charge in [-0.25, -0.2) is 0 Å². The van der Waals surface area contributed by atoms with E-state index >= 15 is 0 Å². The van der Waals surface area contributed by atoms with Gasteiger partial charge in [-0.15, -0.1) is 0 Å². The van der Waals surface area contributed by atoms with Crippen molar-refractivity contribution in [3.63, 3.8) is 0 Å². The van der Waals surface area contributed by atoms with Crippen molar-refractivity contribution >= 4 is 40.6 Å². The maximum Gasteiger partial charge on any atom is 0.212 e. The molecule has 3 nitrogen and oxygen atoms in total. The molecule has 0 aliphatic carbocycles. The molecule has 0 aliphatic rings. The lowest BCUT2D eigenvalue weighted by molar-refractivity contribution is 0.102. The van der Waals surface area contributed by atoms with Crippen LogP contribution in [0.25, 0.3) is 0 Å². The second-order valence-electron chi connectivity index (χ2n) is 3.61. The van der Waals surface area contributed by atoms with Crippen molar-refractivity contribution in [1.29, 1.82) is 0 Å². The molecule has 2 aromatic rings. The number of aromatic nitrogens is 2. The summed E-state index contributed by atoms with van der Waals surface area (Å²) < 4.78 is 1.55. The maximum absolute atomic E-state index is 12.3. The number of benzene rings is 1. The molecule has 0 bridgehead atoms. The Bertz CT molecular complexity index is 607. The molecule has 0 aliphatic heterocycles. The quantitative estimate of drug-likeness (QED) is 0.800. The van der Waals surface area contributed by atoms with E-state index in [-0.39, 0.29) is 5.78 Å². The third-order valence-corrected chi connectivity index (χ3v) is 3.51. The van der Waals surface area contributed by atoms with Gasteiger partial charge in [0.05, 0.1) is 21.3 Å². The van der Waals surface area contributed by atoms with Crippen LogP contribution in [0.3, 0.4) is 0 Å². The second kappa shape index (κ2) is 5.31. The fourth-order valence-electron chi connectivity index (χ4n) is 1.60. The van der Waals surface area contributed by atoms with Crippen LogP contribution >= 0.6 is 34.8 Å². The highest BCUT2D eigenvalue weighted by Gasteiger charge is 2.19. The van der Waals surface area contributed by atoms with Crippen molar-refractivity contribution in [2.45, 2.75) is 13.5 Å². The highest BCUT2D eigenvalue weighted by atomic mass is 35.5. The number of aryl methyl sites for hydroxylation is 1. The Hall–Kier alpha value is -1.03. The summed E-state index contributed by atoms with van der Waals surface area (Å²) in [6, 6.07) is 4.72. The highest BCUT2D eigenvalue weighted by Crippen LogP contribution is 2.25. The van der Waals surface area contributed by atoms with Gasteiger partial charge < -0.3 is 0 Å². The molecule has 1 aromatic carbocycles. The molecule has 0 saturated carbocycles. The average Bonchev–Trinajstić information content (AvgIpc) is 2.73. The number of halogens is 3. The molecule has 0 amide bonds. The predicted molar refractivity (Wildman–Crippen MR) is 72.8 cm³/mol. The zero-order chi connectivity index (χ0) is 13.3. The lowest BCUT2D eigenvalue weighted by Gasteiger charge is -2.05. The Balaban J connectivity index is 2.47. The summed E-state index contributed by atoms with van der Waals surface area (Å²) >= 11 is 17.7. The van der Waals surface area contributed by atoms with Crippen molar-refractivity contribution in [3.05, 3.63) is 50.7 Å². The first-order valence-corrected chi connectivity index (χ1v) is 6.39. The van der Waals surface area contributed by atoms with Crippen molar-refractivity contribution in [1.82, 2.24) is 9.78 Å². The van der Waals surface area contributed by atoms with E-state index in [1.54, 1.807) is 16.8 Å². The van der Waals surface area contributed by atoms with Crippen LogP contribution in [0.1, 0.15) is 23.0 Å². The molecule has 0 unspecified atom stereocenters. The number of nitrogens with zero attached hydrogens (tertiary/aromatic N) is 2. The van der Waals surface area contributed by atoms with Crippen molar-refractivity contribution in [3.8, 4) is 0 Å². The molecule has 18 heavy (non-hydrogen) atoms. The molecule has 0 radical (unpaired) electrons. The molecule has 0 atom stereocenters. The lowest BCUT2D eigenvalue weighted by Crippen LogP contribution is -2.11. The van der Waals surface area contributed by atoms with Crippen LogP contribution in [0.2, 0.25) is 15.1 Å². The third kappa shape index (κ3) is 2.39. The molecule has 0 fully saturated rings. The Morgan fingerprint density at radius 3 is 2.56 bits per heavy atom. The Morgan fingerprint density at radius 1 is 1.22 bits per heavy atom. The standard InChI is InChI=1S/C12H9Cl3N2O/c1-2-17-11(10(15)6-16-17)12(18)7-3-4-8(13)9(14)5-7/h3-6H,2H2,1H3. The number of hydrogen-bond donors (Lipinski definition) is 0. The van der Waals surface area contributed by atoms with E-state index in [1.165, 1.54) is 12.3 Å². The topological polar surface area (TPSA) is 34.9 Å². The molecule has 94 valence electrons. The van der Waals surface area contributed by atoms with Crippen LogP contribution in [0.4, 0.5) is 0 Å². The van der Waals surface area contributed by atoms with E-state index in [0.29, 0.717) is 32.9 Å². The minimum absolute atomic E-state index is 0.224. The van der Waals surface area contributed by atoms with Crippen LogP contribution in [-0.4, -0.2) is 15.6 Å². The summed E-state index contributed by atoms with van der Waals surface area (Å²) in [6.07, 6.45) is 1.45. The van der Waals surface area contributed by atoms with Crippen LogP contribution < -0.4 is 0 Å². The Morgan fingerprint density at radius 2 is 1.94 bits per heavy atom. The monoisotopic (exact) mass is 302 g/mol. The van der Waals surface area contributed by atoms with Crippen LogP contribution in [0.5, 0.6) is 0 Å². The summed E-state index contributed by atoms with van der Waals surface area (Å²) in [4.78, 5) is 12.3. The van der Waals surface area contributed by atoms with Gasteiger partial charge in [-0.2, -0.15) is 5.10 Å². The van der Waals surface area contributed by atoms with Gasteiger partial charge in [0.1, 0.15) is 5.69 Å². The fourth-order valence-corrected chi connectivity index (χ4v) is 2.13. The average molecular weight is 304 g/mol. The number of carbonyl (C=O) groups is 1. The van der Waals surface area contributed by atoms with Gasteiger partial charge in [0.2, 0.25) is 5.78 Å². The van der Waals surface area contributed by atoms with Gasteiger partial charge in [-0.05, 0) is 25.1 Å². The normalized spacial score (nSPS) is 10.7. The summed E-state index contributed by atoms with van der Waals surface area (Å²) in [5.74, 6) is -0.224. The SMILES string of the molecule is CCn1ncc(Cl)c1C(=O)c1ccc(Cl)c(Cl)c1. The number of rotatable bonds is 3. The van der Waals surface area contributed by atoms with Crippen molar-refractivity contribution < 1.29 is 4.79 Å². The smallest absolute Gasteiger partial charge is 0.212 e. The van der Waals surface area contributed by atoms with Gasteiger partial charge in [-0.3, -0.25) is 9.48 Å². The predicted octanol–water partition coefficient (Wildman–Crippen LogP) is 4.09. The minimum Gasteiger partial charge on any atom is -0.287 e. The van der Waals surface area contributed by atoms with E-state index in [9.17, 15) is 4.79 Å². The summed E-state index contributed by atoms with van der Waals surface area (Å²) in [5.41, 5.74) is 0.791. The van der Waals surface area contributed by atoms with E-state index in [4.69, 9.17) is 34.8 Å². The first-order chi connectivity index (χ1) is 8.54. The molecule has 2 rings (SSSR count). The molecule has 1 aromatic heterocycles. The molecule has 6 heteroatoms. The third-order valence-electron chi connectivity index (χ3n) is 2.49. The minimum atomic E-state index is -0.224. The first kappa shape index (κ1) is 13.4. The van der Waals surface area contributed by atoms with Crippen molar-refractivity contribution in [2.24, 2.45) is 0 Å². The Kier molecular flexibility index (Phi) is 3.95. The van der Waals surface area contributed by atoms with E-state index in [2.05, 4.69) is 5.10 Å². The van der Waals surface area contributed by atoms with E-state index in [0.717, 1.165) is 0 Å². The highest BCUT2D eigenvalue weighted by molar-refractivity contribution is 6.42. The number of ketones is 1. The van der Waals surface area contributed by atoms with Crippen molar-refractivity contribution in [2.75, 3.05) is 0 Å².